The van der Waals surface area contributed by atoms with Crippen molar-refractivity contribution in [1.82, 2.24) is 14.8 Å². The van der Waals surface area contributed by atoms with Crippen LogP contribution in [0.1, 0.15) is 29.5 Å². The average Bonchev–Trinajstić information content (AvgIpc) is 2.70. The van der Waals surface area contributed by atoms with Gasteiger partial charge in [0.1, 0.15) is 11.4 Å². The summed E-state index contributed by atoms with van der Waals surface area (Å²) in [7, 11) is 0. The Kier molecular flexibility index (Phi) is 4.76. The number of nitrogens with zero attached hydrogens (tertiary/aromatic N) is 3. The van der Waals surface area contributed by atoms with Gasteiger partial charge in [0.2, 0.25) is 5.78 Å². The van der Waals surface area contributed by atoms with E-state index in [1.165, 1.54) is 6.20 Å². The number of carbonyl (C=O) groups excluding carboxylic acids is 1. The Balaban J connectivity index is 2.46. The molecule has 0 aliphatic rings. The number of halogens is 3. The number of carbonyl (C=O) groups is 1. The summed E-state index contributed by atoms with van der Waals surface area (Å²) >= 11 is 12.7. The Morgan fingerprint density at radius 3 is 2.79 bits per heavy atom. The SMILES string of the molecule is CCCn1ncc(Cl)c1C(=O)c1ncc(Br)cc1Br. The van der Waals surface area contributed by atoms with E-state index in [0.717, 1.165) is 10.9 Å². The van der Waals surface area contributed by atoms with Crippen molar-refractivity contribution in [3.05, 3.63) is 43.8 Å². The Hall–Kier alpha value is -0.720. The second kappa shape index (κ2) is 6.15. The van der Waals surface area contributed by atoms with Gasteiger partial charge in [-0.15, -0.1) is 0 Å². The fourth-order valence-electron chi connectivity index (χ4n) is 1.66. The van der Waals surface area contributed by atoms with Crippen LogP contribution in [0.15, 0.2) is 27.4 Å². The molecule has 0 radical (unpaired) electrons. The topological polar surface area (TPSA) is 47.8 Å². The van der Waals surface area contributed by atoms with Crippen LogP contribution in [-0.4, -0.2) is 20.5 Å². The number of ketones is 1. The fourth-order valence-corrected chi connectivity index (χ4v) is 3.06. The van der Waals surface area contributed by atoms with E-state index in [1.807, 2.05) is 6.92 Å². The highest BCUT2D eigenvalue weighted by Crippen LogP contribution is 2.25. The predicted molar refractivity (Wildman–Crippen MR) is 80.6 cm³/mol. The van der Waals surface area contributed by atoms with Crippen molar-refractivity contribution in [3.8, 4) is 0 Å². The summed E-state index contributed by atoms with van der Waals surface area (Å²) in [6, 6.07) is 1.77. The normalized spacial score (nSPS) is 10.7. The standard InChI is InChI=1S/C12H10Br2ClN3O/c1-2-3-18-11(9(15)6-17-18)12(19)10-8(14)4-7(13)5-16-10/h4-6H,2-3H2,1H3. The smallest absolute Gasteiger partial charge is 0.232 e. The molecule has 0 aliphatic heterocycles. The van der Waals surface area contributed by atoms with Crippen LogP contribution < -0.4 is 0 Å². The molecule has 0 atom stereocenters. The average molecular weight is 407 g/mol. The van der Waals surface area contributed by atoms with Gasteiger partial charge in [-0.25, -0.2) is 0 Å². The minimum atomic E-state index is -0.240. The maximum atomic E-state index is 12.5. The van der Waals surface area contributed by atoms with E-state index in [0.29, 0.717) is 27.4 Å². The van der Waals surface area contributed by atoms with Gasteiger partial charge in [0.25, 0.3) is 0 Å². The first-order valence-corrected chi connectivity index (χ1v) is 7.58. The largest absolute Gasteiger partial charge is 0.285 e. The van der Waals surface area contributed by atoms with Crippen molar-refractivity contribution in [3.63, 3.8) is 0 Å². The van der Waals surface area contributed by atoms with Crippen LogP contribution in [0.25, 0.3) is 0 Å². The number of hydrogen-bond acceptors (Lipinski definition) is 3. The van der Waals surface area contributed by atoms with E-state index >= 15 is 0 Å². The van der Waals surface area contributed by atoms with E-state index < -0.39 is 0 Å². The Labute approximate surface area is 132 Å². The number of rotatable bonds is 4. The summed E-state index contributed by atoms with van der Waals surface area (Å²) in [6.45, 7) is 2.65. The predicted octanol–water partition coefficient (Wildman–Crippen LogP) is 4.10. The van der Waals surface area contributed by atoms with Crippen LogP contribution in [-0.2, 0) is 6.54 Å². The summed E-state index contributed by atoms with van der Waals surface area (Å²) in [6.07, 6.45) is 3.93. The lowest BCUT2D eigenvalue weighted by atomic mass is 10.2. The third-order valence-electron chi connectivity index (χ3n) is 2.47. The van der Waals surface area contributed by atoms with Gasteiger partial charge < -0.3 is 0 Å². The van der Waals surface area contributed by atoms with Crippen LogP contribution in [0.4, 0.5) is 0 Å². The molecule has 7 heteroatoms. The van der Waals surface area contributed by atoms with Crippen molar-refractivity contribution in [2.75, 3.05) is 0 Å². The van der Waals surface area contributed by atoms with Crippen LogP contribution >= 0.6 is 43.5 Å². The lowest BCUT2D eigenvalue weighted by molar-refractivity contribution is 0.102. The molecule has 19 heavy (non-hydrogen) atoms. The highest BCUT2D eigenvalue weighted by molar-refractivity contribution is 9.11. The highest BCUT2D eigenvalue weighted by Gasteiger charge is 2.22. The molecule has 0 spiro atoms. The number of pyridine rings is 1. The van der Waals surface area contributed by atoms with Gasteiger partial charge in [0.05, 0.1) is 11.2 Å². The summed E-state index contributed by atoms with van der Waals surface area (Å²) < 4.78 is 3.03. The Bertz CT molecular complexity index is 627. The molecule has 0 unspecified atom stereocenters. The van der Waals surface area contributed by atoms with Gasteiger partial charge in [-0.2, -0.15) is 5.10 Å². The quantitative estimate of drug-likeness (QED) is 0.717. The first-order valence-electron chi connectivity index (χ1n) is 5.61. The molecule has 0 N–H and O–H groups in total. The zero-order valence-corrected chi connectivity index (χ0v) is 14.0. The molecule has 0 aliphatic carbocycles. The third kappa shape index (κ3) is 3.07. The van der Waals surface area contributed by atoms with Crippen molar-refractivity contribution >= 4 is 49.2 Å². The van der Waals surface area contributed by atoms with E-state index in [4.69, 9.17) is 11.6 Å². The molecular weight excluding hydrogens is 397 g/mol. The first kappa shape index (κ1) is 14.7. The third-order valence-corrected chi connectivity index (χ3v) is 3.78. The monoisotopic (exact) mass is 405 g/mol. The summed E-state index contributed by atoms with van der Waals surface area (Å²) in [4.78, 5) is 16.6. The first-order chi connectivity index (χ1) is 9.04. The number of aromatic nitrogens is 3. The van der Waals surface area contributed by atoms with E-state index in [9.17, 15) is 4.79 Å². The number of aryl methyl sites for hydroxylation is 1. The lowest BCUT2D eigenvalue weighted by Gasteiger charge is -2.07. The Morgan fingerprint density at radius 1 is 1.42 bits per heavy atom. The molecule has 4 nitrogen and oxygen atoms in total. The van der Waals surface area contributed by atoms with Gasteiger partial charge in [0, 0.05) is 21.7 Å². The summed E-state index contributed by atoms with van der Waals surface area (Å²) in [5.41, 5.74) is 0.696. The van der Waals surface area contributed by atoms with Crippen molar-refractivity contribution in [1.29, 1.82) is 0 Å². The van der Waals surface area contributed by atoms with Crippen LogP contribution in [0.5, 0.6) is 0 Å². The van der Waals surface area contributed by atoms with Crippen molar-refractivity contribution < 1.29 is 4.79 Å². The van der Waals surface area contributed by atoms with Gasteiger partial charge in [-0.1, -0.05) is 18.5 Å². The van der Waals surface area contributed by atoms with E-state index in [1.54, 1.807) is 16.9 Å². The molecule has 0 bridgehead atoms. The molecule has 2 heterocycles. The van der Waals surface area contributed by atoms with Gasteiger partial charge >= 0.3 is 0 Å². The van der Waals surface area contributed by atoms with Crippen LogP contribution in [0.3, 0.4) is 0 Å². The lowest BCUT2D eigenvalue weighted by Crippen LogP contribution is -2.13. The summed E-state index contributed by atoms with van der Waals surface area (Å²) in [5.74, 6) is -0.240. The highest BCUT2D eigenvalue weighted by atomic mass is 79.9. The van der Waals surface area contributed by atoms with Crippen molar-refractivity contribution in [2.45, 2.75) is 19.9 Å². The summed E-state index contributed by atoms with van der Waals surface area (Å²) in [5, 5.41) is 4.45. The molecule has 100 valence electrons. The molecule has 0 aromatic carbocycles. The van der Waals surface area contributed by atoms with Crippen molar-refractivity contribution in [2.24, 2.45) is 0 Å². The van der Waals surface area contributed by atoms with Crippen LogP contribution in [0.2, 0.25) is 5.02 Å². The second-order valence-corrected chi connectivity index (χ2v) is 6.05. The molecule has 0 saturated carbocycles. The maximum absolute atomic E-state index is 12.5. The molecule has 0 amide bonds. The van der Waals surface area contributed by atoms with E-state index in [2.05, 4.69) is 41.9 Å². The Morgan fingerprint density at radius 2 is 2.16 bits per heavy atom. The molecule has 0 fully saturated rings. The van der Waals surface area contributed by atoms with Gasteiger partial charge in [-0.3, -0.25) is 14.5 Å². The van der Waals surface area contributed by atoms with Gasteiger partial charge in [-0.05, 0) is 44.3 Å². The zero-order chi connectivity index (χ0) is 14.0. The molecule has 2 rings (SSSR count). The molecule has 0 saturated heterocycles. The van der Waals surface area contributed by atoms with Crippen LogP contribution in [0, 0.1) is 0 Å². The fraction of sp³-hybridized carbons (Fsp3) is 0.250. The van der Waals surface area contributed by atoms with Gasteiger partial charge in [0.15, 0.2) is 0 Å². The molecule has 2 aromatic heterocycles. The molecule has 2 aromatic rings. The maximum Gasteiger partial charge on any atom is 0.232 e. The minimum absolute atomic E-state index is 0.240. The molecular formula is C12H10Br2ClN3O. The minimum Gasteiger partial charge on any atom is -0.285 e. The van der Waals surface area contributed by atoms with E-state index in [-0.39, 0.29) is 5.78 Å². The zero-order valence-electron chi connectivity index (χ0n) is 10.0. The second-order valence-electron chi connectivity index (χ2n) is 3.88. The number of hydrogen-bond donors (Lipinski definition) is 0.